The van der Waals surface area contributed by atoms with Crippen molar-refractivity contribution < 1.29 is 9.53 Å². The SMILES string of the molecule is COc1ccc(-c2nnc(SCC(=O)NN=Cc3cccc4ccccc34)n2-c2ccc(Cl)cc2)cc1. The molecule has 4 aromatic carbocycles. The van der Waals surface area contributed by atoms with E-state index in [1.807, 2.05) is 83.4 Å². The van der Waals surface area contributed by atoms with Gasteiger partial charge in [-0.1, -0.05) is 65.8 Å². The van der Waals surface area contributed by atoms with E-state index < -0.39 is 0 Å². The Kier molecular flexibility index (Phi) is 7.49. The molecule has 0 aliphatic heterocycles. The first-order valence-electron chi connectivity index (χ1n) is 11.4. The number of aromatic nitrogens is 3. The zero-order valence-electron chi connectivity index (χ0n) is 19.8. The van der Waals surface area contributed by atoms with Crippen LogP contribution < -0.4 is 10.2 Å². The number of carbonyl (C=O) groups excluding carboxylic acids is 1. The molecule has 1 heterocycles. The molecule has 7 nitrogen and oxygen atoms in total. The zero-order valence-corrected chi connectivity index (χ0v) is 21.4. The minimum absolute atomic E-state index is 0.112. The number of nitrogens with zero attached hydrogens (tertiary/aromatic N) is 4. The molecule has 1 amide bonds. The number of benzene rings is 4. The number of nitrogens with one attached hydrogen (secondary N) is 1. The number of halogens is 1. The lowest BCUT2D eigenvalue weighted by molar-refractivity contribution is -0.118. The van der Waals surface area contributed by atoms with E-state index in [1.54, 1.807) is 25.5 Å². The lowest BCUT2D eigenvalue weighted by Gasteiger charge is -2.11. The highest BCUT2D eigenvalue weighted by molar-refractivity contribution is 7.99. The Hall–Kier alpha value is -4.14. The van der Waals surface area contributed by atoms with Crippen LogP contribution in [0.4, 0.5) is 0 Å². The van der Waals surface area contributed by atoms with Crippen LogP contribution in [0.25, 0.3) is 27.8 Å². The van der Waals surface area contributed by atoms with Gasteiger partial charge in [-0.25, -0.2) is 5.43 Å². The van der Waals surface area contributed by atoms with Gasteiger partial charge in [0.1, 0.15) is 5.75 Å². The second-order valence-electron chi connectivity index (χ2n) is 8.00. The predicted molar refractivity (Wildman–Crippen MR) is 149 cm³/mol. The third-order valence-electron chi connectivity index (χ3n) is 5.62. The molecule has 0 saturated heterocycles. The fraction of sp³-hybridized carbons (Fsp3) is 0.0714. The van der Waals surface area contributed by atoms with Gasteiger partial charge in [0.25, 0.3) is 5.91 Å². The van der Waals surface area contributed by atoms with Crippen LogP contribution in [0.1, 0.15) is 5.56 Å². The molecular weight excluding hydrogens is 506 g/mol. The first kappa shape index (κ1) is 24.5. The zero-order chi connectivity index (χ0) is 25.6. The Morgan fingerprint density at radius 2 is 1.76 bits per heavy atom. The van der Waals surface area contributed by atoms with Crippen molar-refractivity contribution in [1.29, 1.82) is 0 Å². The highest BCUT2D eigenvalue weighted by Gasteiger charge is 2.17. The number of carbonyl (C=O) groups is 1. The van der Waals surface area contributed by atoms with Crippen LogP contribution >= 0.6 is 23.4 Å². The van der Waals surface area contributed by atoms with Gasteiger partial charge in [-0.3, -0.25) is 9.36 Å². The number of hydrogen-bond donors (Lipinski definition) is 1. The maximum atomic E-state index is 12.6. The van der Waals surface area contributed by atoms with E-state index >= 15 is 0 Å². The number of hydrogen-bond acceptors (Lipinski definition) is 6. The van der Waals surface area contributed by atoms with Gasteiger partial charge in [0.05, 0.1) is 19.1 Å². The van der Waals surface area contributed by atoms with Crippen LogP contribution in [-0.4, -0.2) is 39.7 Å². The van der Waals surface area contributed by atoms with Gasteiger partial charge >= 0.3 is 0 Å². The third-order valence-corrected chi connectivity index (χ3v) is 6.80. The normalized spacial score (nSPS) is 11.2. The summed E-state index contributed by atoms with van der Waals surface area (Å²) in [6.07, 6.45) is 1.66. The topological polar surface area (TPSA) is 81.4 Å². The van der Waals surface area contributed by atoms with Crippen molar-refractivity contribution in [2.45, 2.75) is 5.16 Å². The fourth-order valence-electron chi connectivity index (χ4n) is 3.81. The Bertz CT molecular complexity index is 1560. The van der Waals surface area contributed by atoms with Gasteiger partial charge < -0.3 is 4.74 Å². The lowest BCUT2D eigenvalue weighted by atomic mass is 10.1. The van der Waals surface area contributed by atoms with E-state index in [1.165, 1.54) is 11.8 Å². The van der Waals surface area contributed by atoms with Gasteiger partial charge in [-0.15, -0.1) is 10.2 Å². The van der Waals surface area contributed by atoms with Crippen LogP contribution in [-0.2, 0) is 4.79 Å². The Balaban J connectivity index is 1.33. The molecule has 37 heavy (non-hydrogen) atoms. The summed E-state index contributed by atoms with van der Waals surface area (Å²) in [4.78, 5) is 12.6. The quantitative estimate of drug-likeness (QED) is 0.152. The fourth-order valence-corrected chi connectivity index (χ4v) is 4.68. The van der Waals surface area contributed by atoms with Crippen LogP contribution in [0.15, 0.2) is 101 Å². The maximum absolute atomic E-state index is 12.6. The van der Waals surface area contributed by atoms with E-state index in [9.17, 15) is 4.79 Å². The van der Waals surface area contributed by atoms with Gasteiger partial charge in [0.2, 0.25) is 0 Å². The summed E-state index contributed by atoms with van der Waals surface area (Å²) in [6, 6.07) is 28.9. The number of ether oxygens (including phenoxy) is 1. The molecule has 0 saturated carbocycles. The summed E-state index contributed by atoms with van der Waals surface area (Å²) in [5.41, 5.74) is 5.22. The summed E-state index contributed by atoms with van der Waals surface area (Å²) in [5.74, 6) is 1.25. The molecule has 0 atom stereocenters. The number of hydrazone groups is 1. The van der Waals surface area contributed by atoms with E-state index in [4.69, 9.17) is 16.3 Å². The number of methoxy groups -OCH3 is 1. The Morgan fingerprint density at radius 3 is 2.54 bits per heavy atom. The van der Waals surface area contributed by atoms with E-state index in [2.05, 4.69) is 20.7 Å². The van der Waals surface area contributed by atoms with Crippen molar-refractivity contribution in [3.05, 3.63) is 102 Å². The molecule has 0 radical (unpaired) electrons. The van der Waals surface area contributed by atoms with Gasteiger partial charge in [-0.2, -0.15) is 5.10 Å². The second kappa shape index (κ2) is 11.3. The van der Waals surface area contributed by atoms with Crippen molar-refractivity contribution >= 4 is 46.3 Å². The van der Waals surface area contributed by atoms with E-state index in [-0.39, 0.29) is 11.7 Å². The van der Waals surface area contributed by atoms with Gasteiger partial charge in [0.15, 0.2) is 11.0 Å². The van der Waals surface area contributed by atoms with Crippen LogP contribution in [0.5, 0.6) is 5.75 Å². The molecule has 9 heteroatoms. The highest BCUT2D eigenvalue weighted by atomic mass is 35.5. The van der Waals surface area contributed by atoms with Crippen LogP contribution in [0.2, 0.25) is 5.02 Å². The summed E-state index contributed by atoms with van der Waals surface area (Å²) in [5, 5.41) is 16.3. The van der Waals surface area contributed by atoms with E-state index in [0.717, 1.165) is 33.3 Å². The summed E-state index contributed by atoms with van der Waals surface area (Å²) in [6.45, 7) is 0. The van der Waals surface area contributed by atoms with Crippen molar-refractivity contribution in [1.82, 2.24) is 20.2 Å². The largest absolute Gasteiger partial charge is 0.497 e. The summed E-state index contributed by atoms with van der Waals surface area (Å²) in [7, 11) is 1.62. The maximum Gasteiger partial charge on any atom is 0.250 e. The van der Waals surface area contributed by atoms with Crippen molar-refractivity contribution in [2.24, 2.45) is 5.10 Å². The first-order valence-corrected chi connectivity index (χ1v) is 12.8. The first-order chi connectivity index (χ1) is 18.1. The predicted octanol–water partition coefficient (Wildman–Crippen LogP) is 5.99. The Labute approximate surface area is 223 Å². The number of thioether (sulfide) groups is 1. The average molecular weight is 528 g/mol. The van der Waals surface area contributed by atoms with Crippen molar-refractivity contribution in [3.63, 3.8) is 0 Å². The summed E-state index contributed by atoms with van der Waals surface area (Å²) < 4.78 is 7.17. The van der Waals surface area contributed by atoms with Crippen LogP contribution in [0.3, 0.4) is 0 Å². The van der Waals surface area contributed by atoms with Crippen LogP contribution in [0, 0.1) is 0 Å². The molecule has 0 unspecified atom stereocenters. The molecule has 1 aromatic heterocycles. The van der Waals surface area contributed by atoms with Gasteiger partial charge in [-0.05, 0) is 59.3 Å². The van der Waals surface area contributed by atoms with E-state index in [0.29, 0.717) is 16.0 Å². The molecule has 0 aliphatic carbocycles. The minimum atomic E-state index is -0.252. The standard InChI is InChI=1S/C28H22ClN5O2S/c1-36-24-15-9-20(10-16-24)27-32-33-28(34(27)23-13-11-22(29)12-14-23)37-18-26(35)31-30-17-21-7-4-6-19-5-2-3-8-25(19)21/h2-17H,18H2,1H3,(H,31,35). The van der Waals surface area contributed by atoms with Crippen molar-refractivity contribution in [3.8, 4) is 22.8 Å². The number of amides is 1. The number of rotatable bonds is 8. The number of fused-ring (bicyclic) bond motifs is 1. The molecule has 0 fully saturated rings. The van der Waals surface area contributed by atoms with Crippen molar-refractivity contribution in [2.75, 3.05) is 12.9 Å². The second-order valence-corrected chi connectivity index (χ2v) is 9.38. The lowest BCUT2D eigenvalue weighted by Crippen LogP contribution is -2.20. The monoisotopic (exact) mass is 527 g/mol. The third kappa shape index (κ3) is 5.66. The minimum Gasteiger partial charge on any atom is -0.497 e. The molecular formula is C28H22ClN5O2S. The molecule has 0 bridgehead atoms. The van der Waals surface area contributed by atoms with Gasteiger partial charge in [0, 0.05) is 21.8 Å². The summed E-state index contributed by atoms with van der Waals surface area (Å²) >= 11 is 7.38. The Morgan fingerprint density at radius 1 is 1.00 bits per heavy atom. The smallest absolute Gasteiger partial charge is 0.250 e. The molecule has 0 spiro atoms. The highest BCUT2D eigenvalue weighted by Crippen LogP contribution is 2.29. The average Bonchev–Trinajstić information content (AvgIpc) is 3.36. The molecule has 5 rings (SSSR count). The molecule has 1 N–H and O–H groups in total. The molecule has 5 aromatic rings. The molecule has 184 valence electrons. The molecule has 0 aliphatic rings.